The van der Waals surface area contributed by atoms with E-state index in [1.807, 2.05) is 0 Å². The summed E-state index contributed by atoms with van der Waals surface area (Å²) in [5.74, 6) is 0. The van der Waals surface area contributed by atoms with E-state index in [4.69, 9.17) is 24.4 Å². The van der Waals surface area contributed by atoms with Crippen LogP contribution in [-0.4, -0.2) is 58.8 Å². The summed E-state index contributed by atoms with van der Waals surface area (Å²) in [5.41, 5.74) is 0. The molecule has 0 amide bonds. The third-order valence-corrected chi connectivity index (χ3v) is 3.61. The van der Waals surface area contributed by atoms with Gasteiger partial charge in [0.2, 0.25) is 0 Å². The maximum absolute atomic E-state index is 5.35. The highest BCUT2D eigenvalue weighted by Crippen LogP contribution is 2.10. The fourth-order valence-corrected chi connectivity index (χ4v) is 2.69. The molecule has 1 atom stereocenters. The van der Waals surface area contributed by atoms with Gasteiger partial charge in [-0.25, -0.2) is 0 Å². The van der Waals surface area contributed by atoms with E-state index in [-0.39, 0.29) is 0 Å². The second-order valence-electron chi connectivity index (χ2n) is 4.16. The molecular formula is C11H22N4S2. The lowest BCUT2D eigenvalue weighted by Crippen LogP contribution is -2.58. The van der Waals surface area contributed by atoms with Crippen molar-refractivity contribution >= 4 is 34.7 Å². The Balaban J connectivity index is 2.49. The van der Waals surface area contributed by atoms with Crippen molar-refractivity contribution in [1.82, 2.24) is 20.4 Å². The van der Waals surface area contributed by atoms with E-state index in [1.54, 1.807) is 0 Å². The zero-order valence-corrected chi connectivity index (χ0v) is 12.5. The minimum absolute atomic E-state index is 0.395. The summed E-state index contributed by atoms with van der Waals surface area (Å²) in [6, 6.07) is 0.395. The van der Waals surface area contributed by atoms with Gasteiger partial charge in [0.15, 0.2) is 10.2 Å². The van der Waals surface area contributed by atoms with Crippen LogP contribution in [0.15, 0.2) is 0 Å². The summed E-state index contributed by atoms with van der Waals surface area (Å²) in [4.78, 5) is 4.46. The summed E-state index contributed by atoms with van der Waals surface area (Å²) in [7, 11) is 0. The molecule has 1 fully saturated rings. The molecule has 1 aliphatic heterocycles. The molecule has 17 heavy (non-hydrogen) atoms. The number of nitrogens with zero attached hydrogens (tertiary/aromatic N) is 2. The monoisotopic (exact) mass is 274 g/mol. The fourth-order valence-electron chi connectivity index (χ4n) is 1.96. The molecule has 0 aliphatic carbocycles. The lowest BCUT2D eigenvalue weighted by atomic mass is 10.2. The molecule has 4 nitrogen and oxygen atoms in total. The minimum atomic E-state index is 0.395. The van der Waals surface area contributed by atoms with Crippen LogP contribution in [0.2, 0.25) is 0 Å². The van der Waals surface area contributed by atoms with Crippen molar-refractivity contribution in [1.29, 1.82) is 0 Å². The highest BCUT2D eigenvalue weighted by Gasteiger charge is 2.26. The average Bonchev–Trinajstić information content (AvgIpc) is 2.29. The number of piperazine rings is 1. The Morgan fingerprint density at radius 1 is 1.12 bits per heavy atom. The molecule has 0 aromatic carbocycles. The van der Waals surface area contributed by atoms with Crippen LogP contribution in [-0.2, 0) is 0 Å². The maximum Gasteiger partial charge on any atom is 0.169 e. The van der Waals surface area contributed by atoms with Crippen molar-refractivity contribution < 1.29 is 0 Å². The van der Waals surface area contributed by atoms with Gasteiger partial charge in [0, 0.05) is 38.8 Å². The first-order valence-electron chi connectivity index (χ1n) is 6.17. The van der Waals surface area contributed by atoms with Crippen LogP contribution in [0.4, 0.5) is 0 Å². The van der Waals surface area contributed by atoms with Crippen molar-refractivity contribution in [3.63, 3.8) is 0 Å². The highest BCUT2D eigenvalue weighted by molar-refractivity contribution is 7.80. The van der Waals surface area contributed by atoms with Gasteiger partial charge in [-0.3, -0.25) is 0 Å². The smallest absolute Gasteiger partial charge is 0.169 e. The Labute approximate surface area is 115 Å². The van der Waals surface area contributed by atoms with Gasteiger partial charge in [0.1, 0.15) is 0 Å². The molecule has 1 aliphatic rings. The average molecular weight is 274 g/mol. The van der Waals surface area contributed by atoms with Crippen molar-refractivity contribution in [2.24, 2.45) is 0 Å². The summed E-state index contributed by atoms with van der Waals surface area (Å²) in [6.45, 7) is 10.9. The maximum atomic E-state index is 5.35. The van der Waals surface area contributed by atoms with Crippen molar-refractivity contribution in [3.05, 3.63) is 0 Å². The molecule has 98 valence electrons. The molecule has 0 aromatic rings. The van der Waals surface area contributed by atoms with Gasteiger partial charge >= 0.3 is 0 Å². The molecule has 6 heteroatoms. The number of thiocarbonyl (C=S) groups is 2. The first-order chi connectivity index (χ1) is 8.10. The molecule has 1 rings (SSSR count). The van der Waals surface area contributed by atoms with Gasteiger partial charge in [-0.15, -0.1) is 0 Å². The number of hydrogen-bond donors (Lipinski definition) is 2. The van der Waals surface area contributed by atoms with Crippen LogP contribution in [0.5, 0.6) is 0 Å². The summed E-state index contributed by atoms with van der Waals surface area (Å²) in [5, 5.41) is 8.11. The quantitative estimate of drug-likeness (QED) is 0.724. The second-order valence-corrected chi connectivity index (χ2v) is 4.93. The number of nitrogens with one attached hydrogen (secondary N) is 2. The predicted octanol–water partition coefficient (Wildman–Crippen LogP) is 0.781. The van der Waals surface area contributed by atoms with Gasteiger partial charge in [-0.1, -0.05) is 0 Å². The molecule has 1 unspecified atom stereocenters. The molecule has 2 N–H and O–H groups in total. The zero-order chi connectivity index (χ0) is 12.8. The van der Waals surface area contributed by atoms with E-state index in [1.165, 1.54) is 0 Å². The van der Waals surface area contributed by atoms with Crippen LogP contribution in [0, 0.1) is 0 Å². The van der Waals surface area contributed by atoms with Crippen molar-refractivity contribution in [3.8, 4) is 0 Å². The van der Waals surface area contributed by atoms with Crippen molar-refractivity contribution in [2.75, 3.05) is 32.7 Å². The Morgan fingerprint density at radius 3 is 2.24 bits per heavy atom. The zero-order valence-electron chi connectivity index (χ0n) is 10.8. The predicted molar refractivity (Wildman–Crippen MR) is 80.3 cm³/mol. The van der Waals surface area contributed by atoms with Crippen molar-refractivity contribution in [2.45, 2.75) is 26.8 Å². The van der Waals surface area contributed by atoms with Gasteiger partial charge < -0.3 is 20.4 Å². The van der Waals surface area contributed by atoms with E-state index in [0.29, 0.717) is 6.04 Å². The van der Waals surface area contributed by atoms with Gasteiger partial charge in [0.25, 0.3) is 0 Å². The van der Waals surface area contributed by atoms with Crippen LogP contribution < -0.4 is 10.6 Å². The summed E-state index contributed by atoms with van der Waals surface area (Å²) < 4.78 is 0. The third-order valence-electron chi connectivity index (χ3n) is 2.83. The van der Waals surface area contributed by atoms with Crippen LogP contribution in [0.25, 0.3) is 0 Å². The van der Waals surface area contributed by atoms with Gasteiger partial charge in [0.05, 0.1) is 0 Å². The highest BCUT2D eigenvalue weighted by atomic mass is 32.1. The first-order valence-corrected chi connectivity index (χ1v) is 6.99. The first kappa shape index (κ1) is 14.4. The largest absolute Gasteiger partial charge is 0.363 e. The Kier molecular flexibility index (Phi) is 5.91. The molecule has 0 saturated carbocycles. The fraction of sp³-hybridized carbons (Fsp3) is 0.818. The SMILES string of the molecule is CCNC(=S)N1CCN(C(=S)NCC)C(C)C1. The molecule has 1 saturated heterocycles. The van der Waals surface area contributed by atoms with E-state index < -0.39 is 0 Å². The Bertz CT molecular complexity index is 283. The molecule has 0 spiro atoms. The van der Waals surface area contributed by atoms with Gasteiger partial charge in [-0.2, -0.15) is 0 Å². The number of hydrogen-bond acceptors (Lipinski definition) is 2. The number of rotatable bonds is 2. The molecule has 1 heterocycles. The third kappa shape index (κ3) is 3.96. The normalized spacial score (nSPS) is 20.1. The van der Waals surface area contributed by atoms with Crippen LogP contribution >= 0.6 is 24.4 Å². The van der Waals surface area contributed by atoms with E-state index in [2.05, 4.69) is 41.2 Å². The van der Waals surface area contributed by atoms with E-state index >= 15 is 0 Å². The lowest BCUT2D eigenvalue weighted by molar-refractivity contribution is 0.193. The van der Waals surface area contributed by atoms with Crippen LogP contribution in [0.3, 0.4) is 0 Å². The lowest BCUT2D eigenvalue weighted by Gasteiger charge is -2.42. The second kappa shape index (κ2) is 6.96. The molecule has 0 bridgehead atoms. The van der Waals surface area contributed by atoms with E-state index in [9.17, 15) is 0 Å². The minimum Gasteiger partial charge on any atom is -0.363 e. The topological polar surface area (TPSA) is 30.5 Å². The standard InChI is InChI=1S/C11H22N4S2/c1-4-12-10(16)14-6-7-15(9(3)8-14)11(17)13-5-2/h9H,4-8H2,1-3H3,(H,12,16)(H,13,17). The van der Waals surface area contributed by atoms with Crippen LogP contribution in [0.1, 0.15) is 20.8 Å². The molecule has 0 aromatic heterocycles. The van der Waals surface area contributed by atoms with E-state index in [0.717, 1.165) is 42.9 Å². The van der Waals surface area contributed by atoms with Gasteiger partial charge in [-0.05, 0) is 45.2 Å². The summed E-state index contributed by atoms with van der Waals surface area (Å²) in [6.07, 6.45) is 0. The Hall–Kier alpha value is -0.620. The molecular weight excluding hydrogens is 252 g/mol. The molecule has 0 radical (unpaired) electrons. The summed E-state index contributed by atoms with van der Waals surface area (Å²) >= 11 is 10.7. The Morgan fingerprint density at radius 2 is 1.71 bits per heavy atom.